The van der Waals surface area contributed by atoms with Gasteiger partial charge in [0.25, 0.3) is 0 Å². The standard InChI is InChI=1S/C7H7N3O2S/c1-12-7(11)4-2-3-5(8)9-10-6(3)13-4/h2H,1H3,(H3,8,9,10). The van der Waals surface area contributed by atoms with Gasteiger partial charge in [-0.25, -0.2) is 4.79 Å². The molecule has 2 rings (SSSR count). The van der Waals surface area contributed by atoms with Crippen LogP contribution in [0.1, 0.15) is 9.67 Å². The van der Waals surface area contributed by atoms with E-state index in [0.29, 0.717) is 10.7 Å². The van der Waals surface area contributed by atoms with Crippen LogP contribution >= 0.6 is 11.3 Å². The van der Waals surface area contributed by atoms with Crippen molar-refractivity contribution in [1.82, 2.24) is 10.2 Å². The number of H-pyrrole nitrogens is 1. The third-order valence-electron chi connectivity index (χ3n) is 1.67. The topological polar surface area (TPSA) is 81.0 Å². The lowest BCUT2D eigenvalue weighted by Gasteiger charge is -1.91. The molecular weight excluding hydrogens is 190 g/mol. The molecule has 13 heavy (non-hydrogen) atoms. The lowest BCUT2D eigenvalue weighted by atomic mass is 10.3. The number of ether oxygens (including phenoxy) is 1. The molecule has 0 fully saturated rings. The highest BCUT2D eigenvalue weighted by molar-refractivity contribution is 7.20. The van der Waals surface area contributed by atoms with Crippen LogP contribution in [0, 0.1) is 0 Å². The number of nitrogen functional groups attached to an aromatic ring is 1. The number of carbonyl (C=O) groups excluding carboxylic acids is 1. The van der Waals surface area contributed by atoms with Crippen LogP contribution in [0.25, 0.3) is 10.2 Å². The fourth-order valence-corrected chi connectivity index (χ4v) is 1.95. The lowest BCUT2D eigenvalue weighted by molar-refractivity contribution is 0.0606. The van der Waals surface area contributed by atoms with E-state index in [1.165, 1.54) is 18.4 Å². The van der Waals surface area contributed by atoms with E-state index in [1.807, 2.05) is 0 Å². The van der Waals surface area contributed by atoms with Gasteiger partial charge in [0.05, 0.1) is 12.5 Å². The zero-order valence-corrected chi connectivity index (χ0v) is 7.64. The van der Waals surface area contributed by atoms with Gasteiger partial charge < -0.3 is 10.5 Å². The molecular formula is C7H7N3O2S. The molecule has 0 saturated heterocycles. The first-order valence-electron chi connectivity index (χ1n) is 3.54. The van der Waals surface area contributed by atoms with Gasteiger partial charge in [-0.1, -0.05) is 0 Å². The summed E-state index contributed by atoms with van der Waals surface area (Å²) in [6.07, 6.45) is 0. The second-order valence-electron chi connectivity index (χ2n) is 2.46. The molecule has 0 aliphatic carbocycles. The Kier molecular flexibility index (Phi) is 1.70. The number of anilines is 1. The van der Waals surface area contributed by atoms with Crippen LogP contribution in [0.5, 0.6) is 0 Å². The zero-order valence-electron chi connectivity index (χ0n) is 6.83. The summed E-state index contributed by atoms with van der Waals surface area (Å²) in [5.41, 5.74) is 5.57. The summed E-state index contributed by atoms with van der Waals surface area (Å²) in [4.78, 5) is 12.3. The van der Waals surface area contributed by atoms with Gasteiger partial charge >= 0.3 is 5.97 Å². The monoisotopic (exact) mass is 197 g/mol. The van der Waals surface area contributed by atoms with Crippen LogP contribution in [-0.4, -0.2) is 23.3 Å². The third kappa shape index (κ3) is 1.15. The molecule has 2 aromatic heterocycles. The average molecular weight is 197 g/mol. The maximum Gasteiger partial charge on any atom is 0.348 e. The number of methoxy groups -OCH3 is 1. The molecule has 0 amide bonds. The number of hydrogen-bond acceptors (Lipinski definition) is 5. The van der Waals surface area contributed by atoms with Crippen molar-refractivity contribution in [3.8, 4) is 0 Å². The first-order chi connectivity index (χ1) is 6.22. The summed E-state index contributed by atoms with van der Waals surface area (Å²) in [6, 6.07) is 1.67. The lowest BCUT2D eigenvalue weighted by Crippen LogP contribution is -1.97. The number of nitrogens with one attached hydrogen (secondary N) is 1. The molecule has 6 heteroatoms. The van der Waals surface area contributed by atoms with E-state index in [0.717, 1.165) is 10.2 Å². The number of nitrogens with zero attached hydrogens (tertiary/aromatic N) is 1. The SMILES string of the molecule is COC(=O)c1cc2c(N)[nH]nc2s1. The highest BCUT2D eigenvalue weighted by Gasteiger charge is 2.13. The highest BCUT2D eigenvalue weighted by Crippen LogP contribution is 2.27. The zero-order chi connectivity index (χ0) is 9.42. The van der Waals surface area contributed by atoms with Gasteiger partial charge in [-0.3, -0.25) is 5.10 Å². The van der Waals surface area contributed by atoms with E-state index in [1.54, 1.807) is 6.07 Å². The van der Waals surface area contributed by atoms with Gasteiger partial charge in [0.2, 0.25) is 0 Å². The summed E-state index contributed by atoms with van der Waals surface area (Å²) < 4.78 is 4.57. The molecule has 0 aliphatic rings. The molecule has 0 atom stereocenters. The van der Waals surface area contributed by atoms with Crippen molar-refractivity contribution in [3.05, 3.63) is 10.9 Å². The van der Waals surface area contributed by atoms with Crippen LogP contribution in [0.2, 0.25) is 0 Å². The van der Waals surface area contributed by atoms with Crippen LogP contribution in [0.3, 0.4) is 0 Å². The fourth-order valence-electron chi connectivity index (χ4n) is 1.03. The second kappa shape index (κ2) is 2.74. The van der Waals surface area contributed by atoms with Crippen molar-refractivity contribution in [1.29, 1.82) is 0 Å². The predicted molar refractivity (Wildman–Crippen MR) is 49.7 cm³/mol. The van der Waals surface area contributed by atoms with Gasteiger partial charge in [0.15, 0.2) is 0 Å². The van der Waals surface area contributed by atoms with E-state index >= 15 is 0 Å². The van der Waals surface area contributed by atoms with Crippen LogP contribution in [-0.2, 0) is 4.74 Å². The summed E-state index contributed by atoms with van der Waals surface area (Å²) in [5.74, 6) is 0.115. The van der Waals surface area contributed by atoms with Crippen LogP contribution in [0.4, 0.5) is 5.82 Å². The number of carbonyl (C=O) groups is 1. The number of hydrogen-bond donors (Lipinski definition) is 2. The minimum absolute atomic E-state index is 0.359. The molecule has 5 nitrogen and oxygen atoms in total. The van der Waals surface area contributed by atoms with Gasteiger partial charge in [0.1, 0.15) is 15.5 Å². The van der Waals surface area contributed by atoms with Gasteiger partial charge in [-0.15, -0.1) is 11.3 Å². The minimum atomic E-state index is -0.359. The predicted octanol–water partition coefficient (Wildman–Crippen LogP) is 0.993. The van der Waals surface area contributed by atoms with Crippen molar-refractivity contribution in [3.63, 3.8) is 0 Å². The maximum absolute atomic E-state index is 11.1. The van der Waals surface area contributed by atoms with Crippen LogP contribution in [0.15, 0.2) is 6.07 Å². The summed E-state index contributed by atoms with van der Waals surface area (Å²) in [6.45, 7) is 0. The van der Waals surface area contributed by atoms with Gasteiger partial charge in [-0.05, 0) is 6.07 Å². The number of aromatic amines is 1. The molecule has 0 unspecified atom stereocenters. The van der Waals surface area contributed by atoms with Crippen molar-refractivity contribution in [2.75, 3.05) is 12.8 Å². The minimum Gasteiger partial charge on any atom is -0.465 e. The molecule has 68 valence electrons. The molecule has 0 radical (unpaired) electrons. The first kappa shape index (κ1) is 8.06. The second-order valence-corrected chi connectivity index (χ2v) is 3.49. The van der Waals surface area contributed by atoms with Gasteiger partial charge in [0, 0.05) is 0 Å². The third-order valence-corrected chi connectivity index (χ3v) is 2.68. The Morgan fingerprint density at radius 1 is 1.77 bits per heavy atom. The van der Waals surface area contributed by atoms with Crippen molar-refractivity contribution in [2.45, 2.75) is 0 Å². The Labute approximate surface area is 77.5 Å². The fraction of sp³-hybridized carbons (Fsp3) is 0.143. The first-order valence-corrected chi connectivity index (χ1v) is 4.35. The largest absolute Gasteiger partial charge is 0.465 e. The highest BCUT2D eigenvalue weighted by atomic mass is 32.1. The Morgan fingerprint density at radius 3 is 3.15 bits per heavy atom. The number of rotatable bonds is 1. The van der Waals surface area contributed by atoms with Crippen molar-refractivity contribution < 1.29 is 9.53 Å². The molecule has 2 heterocycles. The van der Waals surface area contributed by atoms with E-state index in [4.69, 9.17) is 5.73 Å². The van der Waals surface area contributed by atoms with E-state index in [9.17, 15) is 4.79 Å². The Hall–Kier alpha value is -1.56. The maximum atomic E-state index is 11.1. The molecule has 2 aromatic rings. The molecule has 3 N–H and O–H groups in total. The summed E-state index contributed by atoms with van der Waals surface area (Å²) in [7, 11) is 1.34. The van der Waals surface area contributed by atoms with E-state index < -0.39 is 0 Å². The molecule has 0 aliphatic heterocycles. The van der Waals surface area contributed by atoms with Crippen molar-refractivity contribution in [2.24, 2.45) is 0 Å². The number of esters is 1. The van der Waals surface area contributed by atoms with Crippen LogP contribution < -0.4 is 5.73 Å². The number of aromatic nitrogens is 2. The molecule has 0 aromatic carbocycles. The number of fused-ring (bicyclic) bond motifs is 1. The van der Waals surface area contributed by atoms with Crippen molar-refractivity contribution >= 4 is 33.3 Å². The summed E-state index contributed by atoms with van der Waals surface area (Å²) >= 11 is 1.25. The Morgan fingerprint density at radius 2 is 2.54 bits per heavy atom. The normalized spacial score (nSPS) is 10.5. The number of nitrogens with two attached hydrogens (primary N) is 1. The summed E-state index contributed by atoms with van der Waals surface area (Å²) in [5, 5.41) is 7.31. The average Bonchev–Trinajstić information content (AvgIpc) is 2.67. The Balaban J connectivity index is 2.56. The van der Waals surface area contributed by atoms with E-state index in [-0.39, 0.29) is 5.97 Å². The quantitative estimate of drug-likeness (QED) is 0.668. The molecule has 0 bridgehead atoms. The van der Waals surface area contributed by atoms with Gasteiger partial charge in [-0.2, -0.15) is 5.10 Å². The molecule has 0 spiro atoms. The Bertz CT molecular complexity index is 459. The molecule has 0 saturated carbocycles. The number of thiophene rings is 1. The smallest absolute Gasteiger partial charge is 0.348 e. The van der Waals surface area contributed by atoms with E-state index in [2.05, 4.69) is 14.9 Å².